The molecule has 0 aromatic rings. The van der Waals surface area contributed by atoms with Gasteiger partial charge in [0.2, 0.25) is 11.6 Å². The zero-order valence-corrected chi connectivity index (χ0v) is 11.1. The molecule has 0 aromatic heterocycles. The third-order valence-corrected chi connectivity index (χ3v) is 3.49. The monoisotopic (exact) mass is 262 g/mol. The molecular formula is C13H18N4O2. The summed E-state index contributed by atoms with van der Waals surface area (Å²) in [6.07, 6.45) is 1.52. The van der Waals surface area contributed by atoms with Crippen LogP contribution in [0.3, 0.4) is 0 Å². The lowest BCUT2D eigenvalue weighted by Gasteiger charge is -2.21. The van der Waals surface area contributed by atoms with E-state index < -0.39 is 0 Å². The van der Waals surface area contributed by atoms with Crippen LogP contribution in [0.1, 0.15) is 0 Å². The molecule has 6 nitrogen and oxygen atoms in total. The lowest BCUT2D eigenvalue weighted by molar-refractivity contribution is -0.117. The van der Waals surface area contributed by atoms with Crippen LogP contribution in [0, 0.1) is 0 Å². The van der Waals surface area contributed by atoms with Gasteiger partial charge in [-0.25, -0.2) is 0 Å². The smallest absolute Gasteiger partial charge is 0.227 e. The van der Waals surface area contributed by atoms with E-state index in [0.29, 0.717) is 17.1 Å². The summed E-state index contributed by atoms with van der Waals surface area (Å²) in [7, 11) is 1.50. The molecule has 4 rings (SSSR count). The molecule has 0 unspecified atom stereocenters. The van der Waals surface area contributed by atoms with E-state index in [1.54, 1.807) is 0 Å². The summed E-state index contributed by atoms with van der Waals surface area (Å²) in [4.78, 5) is 30.5. The largest absolute Gasteiger partial charge is 0.365 e. The fraction of sp³-hybridized carbons (Fsp3) is 0.538. The van der Waals surface area contributed by atoms with Gasteiger partial charge in [-0.05, 0) is 7.05 Å². The van der Waals surface area contributed by atoms with E-state index >= 15 is 0 Å². The zero-order chi connectivity index (χ0) is 13.6. The Kier molecular flexibility index (Phi) is 2.82. The number of carbonyl (C=O) groups is 2. The van der Waals surface area contributed by atoms with Crippen molar-refractivity contribution in [1.82, 2.24) is 14.7 Å². The van der Waals surface area contributed by atoms with Gasteiger partial charge in [0.1, 0.15) is 11.4 Å². The highest BCUT2D eigenvalue weighted by atomic mass is 16.1. The van der Waals surface area contributed by atoms with Crippen LogP contribution in [-0.4, -0.2) is 72.6 Å². The van der Waals surface area contributed by atoms with Crippen LogP contribution in [0.25, 0.3) is 0 Å². The highest BCUT2D eigenvalue weighted by molar-refractivity contribution is 6.22. The van der Waals surface area contributed by atoms with Gasteiger partial charge in [-0.3, -0.25) is 9.59 Å². The second kappa shape index (κ2) is 4.38. The molecule has 0 radical (unpaired) electrons. The molecule has 3 fully saturated rings. The summed E-state index contributed by atoms with van der Waals surface area (Å²) in [6.45, 7) is 5.41. The first-order valence-electron chi connectivity index (χ1n) is 6.63. The first kappa shape index (κ1) is 12.2. The van der Waals surface area contributed by atoms with Crippen LogP contribution in [0.5, 0.6) is 0 Å². The van der Waals surface area contributed by atoms with Gasteiger partial charge in [0, 0.05) is 45.3 Å². The molecular weight excluding hydrogens is 244 g/mol. The Bertz CT molecular complexity index is 497. The van der Waals surface area contributed by atoms with Gasteiger partial charge in [-0.2, -0.15) is 0 Å². The summed E-state index contributed by atoms with van der Waals surface area (Å²) in [6, 6.07) is 0. The maximum absolute atomic E-state index is 12.4. The quantitative estimate of drug-likeness (QED) is 0.506. The minimum absolute atomic E-state index is 0.00546. The lowest BCUT2D eigenvalue weighted by Crippen LogP contribution is -2.29. The predicted octanol–water partition coefficient (Wildman–Crippen LogP) is -1.24. The maximum Gasteiger partial charge on any atom is 0.227 e. The average molecular weight is 262 g/mol. The number of carbonyl (C=O) groups excluding carboxylic acids is 2. The normalized spacial score (nSPS) is 24.1. The van der Waals surface area contributed by atoms with Gasteiger partial charge >= 0.3 is 0 Å². The second-order valence-electron chi connectivity index (χ2n) is 4.88. The van der Waals surface area contributed by atoms with E-state index in [2.05, 4.69) is 5.73 Å². The highest BCUT2D eigenvalue weighted by Gasteiger charge is 2.43. The van der Waals surface area contributed by atoms with Crippen molar-refractivity contribution >= 4 is 11.6 Å². The maximum atomic E-state index is 12.4. The second-order valence-corrected chi connectivity index (χ2v) is 4.88. The summed E-state index contributed by atoms with van der Waals surface area (Å²) >= 11 is 0. The average Bonchev–Trinajstić information content (AvgIpc) is 3.30. The Morgan fingerprint density at radius 3 is 1.79 bits per heavy atom. The van der Waals surface area contributed by atoms with Crippen molar-refractivity contribution in [2.75, 3.05) is 46.3 Å². The van der Waals surface area contributed by atoms with Crippen LogP contribution in [0.4, 0.5) is 0 Å². The van der Waals surface area contributed by atoms with Gasteiger partial charge in [0.05, 0.1) is 5.70 Å². The van der Waals surface area contributed by atoms with Crippen molar-refractivity contribution in [3.05, 3.63) is 23.2 Å². The number of ketones is 2. The minimum atomic E-state index is 0.00546. The number of rotatable bonds is 3. The molecule has 3 saturated heterocycles. The standard InChI is InChI=1S/C12H13N3O2.CH5N/c16-9-7-8(13-1-2-13)12(17)11(15-5-6-15)10(9)14-3-4-14;1-2/h7H,1-6H2;2H2,1H3. The Morgan fingerprint density at radius 2 is 1.32 bits per heavy atom. The molecule has 3 heterocycles. The van der Waals surface area contributed by atoms with Crippen molar-refractivity contribution in [2.24, 2.45) is 5.73 Å². The molecule has 4 aliphatic rings. The van der Waals surface area contributed by atoms with E-state index in [9.17, 15) is 9.59 Å². The van der Waals surface area contributed by atoms with E-state index in [1.165, 1.54) is 13.1 Å². The zero-order valence-electron chi connectivity index (χ0n) is 11.1. The van der Waals surface area contributed by atoms with E-state index in [0.717, 1.165) is 39.3 Å². The molecule has 0 saturated carbocycles. The number of hydrogen-bond acceptors (Lipinski definition) is 6. The molecule has 0 bridgehead atoms. The van der Waals surface area contributed by atoms with Gasteiger partial charge < -0.3 is 20.4 Å². The van der Waals surface area contributed by atoms with Crippen molar-refractivity contribution in [3.8, 4) is 0 Å². The molecule has 0 atom stereocenters. The molecule has 0 amide bonds. The number of allylic oxidation sites excluding steroid dienone is 1. The van der Waals surface area contributed by atoms with Gasteiger partial charge in [-0.1, -0.05) is 0 Å². The number of nitrogens with zero attached hydrogens (tertiary/aromatic N) is 3. The molecule has 19 heavy (non-hydrogen) atoms. The number of nitrogens with two attached hydrogens (primary N) is 1. The molecule has 1 aliphatic carbocycles. The van der Waals surface area contributed by atoms with E-state index in [-0.39, 0.29) is 11.6 Å². The summed E-state index contributed by atoms with van der Waals surface area (Å²) in [5.74, 6) is 0.0485. The Morgan fingerprint density at radius 1 is 0.842 bits per heavy atom. The van der Waals surface area contributed by atoms with Crippen molar-refractivity contribution in [3.63, 3.8) is 0 Å². The van der Waals surface area contributed by atoms with Gasteiger partial charge in [-0.15, -0.1) is 0 Å². The summed E-state index contributed by atoms with van der Waals surface area (Å²) in [5, 5.41) is 0. The Labute approximate surface area is 112 Å². The third-order valence-electron chi connectivity index (χ3n) is 3.49. The molecule has 2 N–H and O–H groups in total. The third kappa shape index (κ3) is 2.12. The SMILES string of the molecule is CN.O=C1C=C(N2CC2)C(=O)C(N2CC2)=C1N1CC1. The summed E-state index contributed by atoms with van der Waals surface area (Å²) < 4.78 is 0. The number of Topliss-reactive ketones (excluding diaryl/α,β-unsaturated/α-hetero) is 1. The Hall–Kier alpha value is -1.82. The molecule has 0 aromatic carbocycles. The topological polar surface area (TPSA) is 69.2 Å². The van der Waals surface area contributed by atoms with Crippen molar-refractivity contribution in [1.29, 1.82) is 0 Å². The fourth-order valence-electron chi connectivity index (χ4n) is 2.28. The first-order chi connectivity index (χ1) is 9.25. The minimum Gasteiger partial charge on any atom is -0.365 e. The van der Waals surface area contributed by atoms with Gasteiger partial charge in [0.15, 0.2) is 0 Å². The summed E-state index contributed by atoms with van der Waals surface area (Å²) in [5.41, 5.74) is 6.39. The fourth-order valence-corrected chi connectivity index (χ4v) is 2.28. The van der Waals surface area contributed by atoms with Crippen LogP contribution in [0.2, 0.25) is 0 Å². The molecule has 102 valence electrons. The van der Waals surface area contributed by atoms with Crippen molar-refractivity contribution in [2.45, 2.75) is 0 Å². The lowest BCUT2D eigenvalue weighted by atomic mass is 10.0. The van der Waals surface area contributed by atoms with Crippen LogP contribution in [0.15, 0.2) is 23.2 Å². The number of hydrogen-bond donors (Lipinski definition) is 1. The first-order valence-corrected chi connectivity index (χ1v) is 6.63. The molecule has 6 heteroatoms. The highest BCUT2D eigenvalue weighted by Crippen LogP contribution is 2.33. The van der Waals surface area contributed by atoms with E-state index in [4.69, 9.17) is 0 Å². The van der Waals surface area contributed by atoms with Crippen LogP contribution >= 0.6 is 0 Å². The predicted molar refractivity (Wildman–Crippen MR) is 70.0 cm³/mol. The van der Waals surface area contributed by atoms with Gasteiger partial charge in [0.25, 0.3) is 0 Å². The van der Waals surface area contributed by atoms with Crippen LogP contribution in [-0.2, 0) is 9.59 Å². The van der Waals surface area contributed by atoms with Crippen molar-refractivity contribution < 1.29 is 9.59 Å². The van der Waals surface area contributed by atoms with Crippen LogP contribution < -0.4 is 5.73 Å². The van der Waals surface area contributed by atoms with E-state index in [1.807, 2.05) is 14.7 Å². The molecule has 0 spiro atoms. The molecule has 3 aliphatic heterocycles. The Balaban J connectivity index is 0.000000528.